The van der Waals surface area contributed by atoms with Gasteiger partial charge in [-0.25, -0.2) is 0 Å². The van der Waals surface area contributed by atoms with Crippen molar-refractivity contribution in [2.45, 2.75) is 38.6 Å². The van der Waals surface area contributed by atoms with Crippen LogP contribution in [0, 0.1) is 12.8 Å². The molecule has 2 unspecified atom stereocenters. The summed E-state index contributed by atoms with van der Waals surface area (Å²) in [7, 11) is 0. The second-order valence-corrected chi connectivity index (χ2v) is 6.40. The van der Waals surface area contributed by atoms with E-state index in [1.807, 2.05) is 59.5 Å². The molecule has 1 aliphatic carbocycles. The predicted molar refractivity (Wildman–Crippen MR) is 94.7 cm³/mol. The van der Waals surface area contributed by atoms with Crippen LogP contribution in [0.4, 0.5) is 11.4 Å². The van der Waals surface area contributed by atoms with Crippen LogP contribution >= 0.6 is 0 Å². The fourth-order valence-electron chi connectivity index (χ4n) is 3.31. The van der Waals surface area contributed by atoms with Gasteiger partial charge in [0.15, 0.2) is 0 Å². The lowest BCUT2D eigenvalue weighted by atomic mass is 9.84. The number of hydrogen-bond acceptors (Lipinski definition) is 2. The first-order valence-electron chi connectivity index (χ1n) is 8.38. The fraction of sp³-hybridized carbons (Fsp3) is 0.350. The van der Waals surface area contributed by atoms with Crippen molar-refractivity contribution in [3.8, 4) is 0 Å². The first-order chi connectivity index (χ1) is 11.2. The highest BCUT2D eigenvalue weighted by Gasteiger charge is 2.32. The molecule has 0 spiro atoms. The lowest BCUT2D eigenvalue weighted by Gasteiger charge is -2.33. The lowest BCUT2D eigenvalue weighted by Crippen LogP contribution is -2.44. The van der Waals surface area contributed by atoms with Crippen LogP contribution in [0.25, 0.3) is 0 Å². The number of rotatable bonds is 3. The number of amides is 1. The first kappa shape index (κ1) is 15.8. The molecular formula is C20H24N2O. The Labute approximate surface area is 138 Å². The minimum absolute atomic E-state index is 0.0343. The Kier molecular flexibility index (Phi) is 4.77. The second-order valence-electron chi connectivity index (χ2n) is 6.40. The molecule has 1 amide bonds. The zero-order valence-corrected chi connectivity index (χ0v) is 13.6. The van der Waals surface area contributed by atoms with Gasteiger partial charge in [-0.2, -0.15) is 0 Å². The third kappa shape index (κ3) is 3.45. The van der Waals surface area contributed by atoms with Crippen LogP contribution in [-0.4, -0.2) is 11.9 Å². The van der Waals surface area contributed by atoms with E-state index in [1.165, 1.54) is 5.56 Å². The third-order valence-electron chi connectivity index (χ3n) is 4.66. The molecule has 3 heteroatoms. The molecule has 2 aromatic carbocycles. The van der Waals surface area contributed by atoms with E-state index in [1.54, 1.807) is 0 Å². The molecule has 0 bridgehead atoms. The maximum atomic E-state index is 13.2. The number of anilines is 2. The number of hydrogen-bond donors (Lipinski definition) is 1. The summed E-state index contributed by atoms with van der Waals surface area (Å²) in [4.78, 5) is 15.1. The minimum Gasteiger partial charge on any atom is -0.327 e. The summed E-state index contributed by atoms with van der Waals surface area (Å²) in [6.07, 6.45) is 4.03. The van der Waals surface area contributed by atoms with E-state index < -0.39 is 0 Å². The highest BCUT2D eigenvalue weighted by molar-refractivity contribution is 6.02. The van der Waals surface area contributed by atoms with Crippen molar-refractivity contribution >= 4 is 17.3 Å². The summed E-state index contributed by atoms with van der Waals surface area (Å²) in [5.41, 5.74) is 9.24. The van der Waals surface area contributed by atoms with E-state index in [4.69, 9.17) is 5.73 Å². The fourth-order valence-corrected chi connectivity index (χ4v) is 3.31. The molecule has 3 rings (SSSR count). The van der Waals surface area contributed by atoms with E-state index in [0.29, 0.717) is 0 Å². The van der Waals surface area contributed by atoms with Gasteiger partial charge in [-0.1, -0.05) is 48.7 Å². The van der Waals surface area contributed by atoms with Crippen LogP contribution in [-0.2, 0) is 4.79 Å². The molecule has 0 radical (unpaired) electrons. The van der Waals surface area contributed by atoms with Crippen molar-refractivity contribution in [2.24, 2.45) is 11.7 Å². The first-order valence-corrected chi connectivity index (χ1v) is 8.38. The summed E-state index contributed by atoms with van der Waals surface area (Å²) in [6.45, 7) is 2.05. The van der Waals surface area contributed by atoms with Gasteiger partial charge in [0.25, 0.3) is 0 Å². The number of nitrogens with two attached hydrogens (primary N) is 1. The zero-order valence-electron chi connectivity index (χ0n) is 13.6. The molecule has 2 N–H and O–H groups in total. The number of carbonyl (C=O) groups excluding carboxylic acids is 1. The Bertz CT molecular complexity index is 651. The Morgan fingerprint density at radius 3 is 2.22 bits per heavy atom. The summed E-state index contributed by atoms with van der Waals surface area (Å²) in [5, 5.41) is 0. The third-order valence-corrected chi connectivity index (χ3v) is 4.66. The number of aryl methyl sites for hydroxylation is 1. The standard InChI is InChI=1S/C20H24N2O/c1-15-11-13-17(14-12-15)22(16-7-3-2-4-8-16)20(23)18-9-5-6-10-19(18)21/h2-4,7-8,11-14,18-19H,5-6,9-10,21H2,1H3. The molecule has 1 aliphatic rings. The van der Waals surface area contributed by atoms with Crippen LogP contribution in [0.5, 0.6) is 0 Å². The lowest BCUT2D eigenvalue weighted by molar-refractivity contribution is -0.123. The van der Waals surface area contributed by atoms with Gasteiger partial charge < -0.3 is 5.73 Å². The van der Waals surface area contributed by atoms with Crippen LogP contribution in [0.2, 0.25) is 0 Å². The monoisotopic (exact) mass is 308 g/mol. The number of benzene rings is 2. The Morgan fingerprint density at radius 2 is 1.57 bits per heavy atom. The highest BCUT2D eigenvalue weighted by atomic mass is 16.2. The van der Waals surface area contributed by atoms with E-state index in [-0.39, 0.29) is 17.9 Å². The second kappa shape index (κ2) is 6.97. The molecule has 2 aromatic rings. The Hall–Kier alpha value is -2.13. The zero-order chi connectivity index (χ0) is 16.2. The molecule has 0 aromatic heterocycles. The largest absolute Gasteiger partial charge is 0.327 e. The Balaban J connectivity index is 1.98. The normalized spacial score (nSPS) is 21.0. The maximum Gasteiger partial charge on any atom is 0.236 e. The van der Waals surface area contributed by atoms with Crippen molar-refractivity contribution in [1.82, 2.24) is 0 Å². The maximum absolute atomic E-state index is 13.2. The Morgan fingerprint density at radius 1 is 0.957 bits per heavy atom. The van der Waals surface area contributed by atoms with E-state index in [2.05, 4.69) is 6.92 Å². The van der Waals surface area contributed by atoms with Crippen molar-refractivity contribution in [3.63, 3.8) is 0 Å². The summed E-state index contributed by atoms with van der Waals surface area (Å²) >= 11 is 0. The summed E-state index contributed by atoms with van der Waals surface area (Å²) in [5.74, 6) is 0.0255. The van der Waals surface area contributed by atoms with Gasteiger partial charge in [0.1, 0.15) is 0 Å². The quantitative estimate of drug-likeness (QED) is 0.924. The molecule has 0 heterocycles. The SMILES string of the molecule is Cc1ccc(N(C(=O)C2CCCCC2N)c2ccccc2)cc1. The molecule has 1 fully saturated rings. The van der Waals surface area contributed by atoms with E-state index in [9.17, 15) is 4.79 Å². The van der Waals surface area contributed by atoms with Crippen LogP contribution in [0.1, 0.15) is 31.2 Å². The van der Waals surface area contributed by atoms with Gasteiger partial charge in [0.2, 0.25) is 5.91 Å². The smallest absolute Gasteiger partial charge is 0.236 e. The molecule has 120 valence electrons. The molecule has 0 saturated heterocycles. The molecule has 2 atom stereocenters. The molecule has 3 nitrogen and oxygen atoms in total. The van der Waals surface area contributed by atoms with E-state index >= 15 is 0 Å². The van der Waals surface area contributed by atoms with Gasteiger partial charge in [0, 0.05) is 17.4 Å². The van der Waals surface area contributed by atoms with Gasteiger partial charge in [-0.15, -0.1) is 0 Å². The topological polar surface area (TPSA) is 46.3 Å². The van der Waals surface area contributed by atoms with Gasteiger partial charge in [-0.05, 0) is 44.0 Å². The average molecular weight is 308 g/mol. The summed E-state index contributed by atoms with van der Waals surface area (Å²) in [6, 6.07) is 17.9. The average Bonchev–Trinajstić information content (AvgIpc) is 2.58. The number of para-hydroxylation sites is 1. The van der Waals surface area contributed by atoms with Crippen molar-refractivity contribution in [1.29, 1.82) is 0 Å². The van der Waals surface area contributed by atoms with Crippen molar-refractivity contribution < 1.29 is 4.79 Å². The van der Waals surface area contributed by atoms with Crippen LogP contribution in [0.3, 0.4) is 0 Å². The van der Waals surface area contributed by atoms with Gasteiger partial charge in [0.05, 0.1) is 5.92 Å². The molecule has 0 aliphatic heterocycles. The predicted octanol–water partition coefficient (Wildman–Crippen LogP) is 4.18. The van der Waals surface area contributed by atoms with E-state index in [0.717, 1.165) is 37.1 Å². The highest BCUT2D eigenvalue weighted by Crippen LogP contribution is 2.32. The van der Waals surface area contributed by atoms with Gasteiger partial charge in [-0.3, -0.25) is 9.69 Å². The van der Waals surface area contributed by atoms with Crippen LogP contribution < -0.4 is 10.6 Å². The van der Waals surface area contributed by atoms with Crippen molar-refractivity contribution in [2.75, 3.05) is 4.90 Å². The molecule has 1 saturated carbocycles. The summed E-state index contributed by atoms with van der Waals surface area (Å²) < 4.78 is 0. The number of nitrogens with zero attached hydrogens (tertiary/aromatic N) is 1. The van der Waals surface area contributed by atoms with Crippen LogP contribution in [0.15, 0.2) is 54.6 Å². The van der Waals surface area contributed by atoms with Crippen molar-refractivity contribution in [3.05, 3.63) is 60.2 Å². The minimum atomic E-state index is -0.0924. The van der Waals surface area contributed by atoms with Gasteiger partial charge >= 0.3 is 0 Å². The molecular weight excluding hydrogens is 284 g/mol. The number of carbonyl (C=O) groups is 1. The molecule has 23 heavy (non-hydrogen) atoms.